The van der Waals surface area contributed by atoms with E-state index in [0.717, 1.165) is 10.5 Å². The summed E-state index contributed by atoms with van der Waals surface area (Å²) in [5, 5.41) is 5.57. The van der Waals surface area contributed by atoms with Gasteiger partial charge in [0, 0.05) is 11.6 Å². The summed E-state index contributed by atoms with van der Waals surface area (Å²) in [4.78, 5) is 25.2. The predicted octanol–water partition coefficient (Wildman–Crippen LogP) is 3.01. The minimum atomic E-state index is -0.368. The molecular formula is C14H12N4O2S. The molecule has 0 radical (unpaired) electrons. The highest BCUT2D eigenvalue weighted by molar-refractivity contribution is 7.17. The average molecular weight is 300 g/mol. The van der Waals surface area contributed by atoms with E-state index in [0.29, 0.717) is 23.4 Å². The van der Waals surface area contributed by atoms with E-state index in [4.69, 9.17) is 4.74 Å². The van der Waals surface area contributed by atoms with Crippen molar-refractivity contribution in [2.75, 3.05) is 11.9 Å². The van der Waals surface area contributed by atoms with Gasteiger partial charge in [-0.3, -0.25) is 4.98 Å². The fourth-order valence-electron chi connectivity index (χ4n) is 1.90. The van der Waals surface area contributed by atoms with Gasteiger partial charge < -0.3 is 10.1 Å². The van der Waals surface area contributed by atoms with Crippen LogP contribution in [0.15, 0.2) is 36.2 Å². The summed E-state index contributed by atoms with van der Waals surface area (Å²) in [6, 6.07) is 3.69. The second-order valence-corrected chi connectivity index (χ2v) is 5.00. The van der Waals surface area contributed by atoms with E-state index in [1.165, 1.54) is 17.7 Å². The fourth-order valence-corrected chi connectivity index (χ4v) is 2.78. The Balaban J connectivity index is 2.06. The minimum absolute atomic E-state index is 0.329. The molecule has 1 N–H and O–H groups in total. The molecule has 21 heavy (non-hydrogen) atoms. The Morgan fingerprint density at radius 3 is 3.10 bits per heavy atom. The van der Waals surface area contributed by atoms with E-state index >= 15 is 0 Å². The standard InChI is InChI=1S/C14H12N4O2S/c1-2-20-14(19)10-7-21-13-11(10)12(16-8-17-13)18-9-4-3-5-15-6-9/h3-8H,2H2,1H3,(H,16,17,18). The molecule has 0 aromatic carbocycles. The molecule has 0 aliphatic rings. The third-order valence-corrected chi connectivity index (χ3v) is 3.68. The molecule has 0 fully saturated rings. The number of ether oxygens (including phenoxy) is 1. The van der Waals surface area contributed by atoms with Gasteiger partial charge in [-0.2, -0.15) is 0 Å². The number of carbonyl (C=O) groups excluding carboxylic acids is 1. The summed E-state index contributed by atoms with van der Waals surface area (Å²) in [6.45, 7) is 2.10. The summed E-state index contributed by atoms with van der Waals surface area (Å²) in [7, 11) is 0. The van der Waals surface area contributed by atoms with Crippen LogP contribution < -0.4 is 5.32 Å². The molecule has 0 aliphatic carbocycles. The number of aromatic nitrogens is 3. The highest BCUT2D eigenvalue weighted by Gasteiger charge is 2.18. The van der Waals surface area contributed by atoms with Gasteiger partial charge in [0.2, 0.25) is 0 Å². The minimum Gasteiger partial charge on any atom is -0.462 e. The van der Waals surface area contributed by atoms with Crippen molar-refractivity contribution >= 4 is 39.0 Å². The third kappa shape index (κ3) is 2.68. The number of esters is 1. The molecular weight excluding hydrogens is 288 g/mol. The van der Waals surface area contributed by atoms with Gasteiger partial charge in [0.05, 0.1) is 29.4 Å². The molecule has 3 aromatic heterocycles. The van der Waals surface area contributed by atoms with E-state index in [-0.39, 0.29) is 5.97 Å². The molecule has 0 amide bonds. The van der Waals surface area contributed by atoms with E-state index in [9.17, 15) is 4.79 Å². The van der Waals surface area contributed by atoms with Crippen LogP contribution in [-0.4, -0.2) is 27.5 Å². The molecule has 0 saturated carbocycles. The smallest absolute Gasteiger partial charge is 0.339 e. The van der Waals surface area contributed by atoms with Crippen molar-refractivity contribution in [1.82, 2.24) is 15.0 Å². The Morgan fingerprint density at radius 1 is 1.43 bits per heavy atom. The Labute approximate surface area is 124 Å². The lowest BCUT2D eigenvalue weighted by molar-refractivity contribution is 0.0529. The first-order valence-electron chi connectivity index (χ1n) is 6.36. The molecule has 0 atom stereocenters. The number of hydrogen-bond acceptors (Lipinski definition) is 7. The monoisotopic (exact) mass is 300 g/mol. The number of rotatable bonds is 4. The predicted molar refractivity (Wildman–Crippen MR) is 80.9 cm³/mol. The van der Waals surface area contributed by atoms with E-state index in [2.05, 4.69) is 20.3 Å². The van der Waals surface area contributed by atoms with Gasteiger partial charge in [0.1, 0.15) is 17.0 Å². The maximum Gasteiger partial charge on any atom is 0.339 e. The summed E-state index contributed by atoms with van der Waals surface area (Å²) >= 11 is 1.39. The van der Waals surface area contributed by atoms with Gasteiger partial charge >= 0.3 is 5.97 Å². The van der Waals surface area contributed by atoms with Gasteiger partial charge in [-0.1, -0.05) is 0 Å². The fraction of sp³-hybridized carbons (Fsp3) is 0.143. The topological polar surface area (TPSA) is 77.0 Å². The number of fused-ring (bicyclic) bond motifs is 1. The Kier molecular flexibility index (Phi) is 3.74. The van der Waals surface area contributed by atoms with Gasteiger partial charge in [-0.25, -0.2) is 14.8 Å². The van der Waals surface area contributed by atoms with Crippen LogP contribution in [0.2, 0.25) is 0 Å². The molecule has 3 rings (SSSR count). The van der Waals surface area contributed by atoms with E-state index in [1.807, 2.05) is 12.1 Å². The van der Waals surface area contributed by atoms with Gasteiger partial charge in [0.15, 0.2) is 0 Å². The summed E-state index contributed by atoms with van der Waals surface area (Å²) in [6.07, 6.45) is 4.84. The van der Waals surface area contributed by atoms with Crippen molar-refractivity contribution in [2.24, 2.45) is 0 Å². The summed E-state index contributed by atoms with van der Waals surface area (Å²) in [5.74, 6) is 0.199. The largest absolute Gasteiger partial charge is 0.462 e. The highest BCUT2D eigenvalue weighted by atomic mass is 32.1. The van der Waals surface area contributed by atoms with Crippen LogP contribution in [0.1, 0.15) is 17.3 Å². The van der Waals surface area contributed by atoms with Crippen molar-refractivity contribution < 1.29 is 9.53 Å². The molecule has 0 unspecified atom stereocenters. The second kappa shape index (κ2) is 5.84. The lowest BCUT2D eigenvalue weighted by atomic mass is 10.2. The molecule has 0 aliphatic heterocycles. The molecule has 7 heteroatoms. The number of thiophene rings is 1. The zero-order valence-electron chi connectivity index (χ0n) is 11.2. The Bertz CT molecular complexity index is 773. The Hall–Kier alpha value is -2.54. The first-order chi connectivity index (χ1) is 10.3. The first-order valence-corrected chi connectivity index (χ1v) is 7.24. The average Bonchev–Trinajstić information content (AvgIpc) is 2.94. The maximum absolute atomic E-state index is 12.0. The lowest BCUT2D eigenvalue weighted by Crippen LogP contribution is -2.05. The number of carbonyl (C=O) groups is 1. The summed E-state index contributed by atoms with van der Waals surface area (Å²) in [5.41, 5.74) is 1.27. The van der Waals surface area contributed by atoms with E-state index < -0.39 is 0 Å². The van der Waals surface area contributed by atoms with Crippen molar-refractivity contribution in [3.8, 4) is 0 Å². The van der Waals surface area contributed by atoms with Crippen LogP contribution in [0.4, 0.5) is 11.5 Å². The van der Waals surface area contributed by atoms with Crippen LogP contribution in [0, 0.1) is 0 Å². The van der Waals surface area contributed by atoms with Crippen molar-refractivity contribution in [3.63, 3.8) is 0 Å². The molecule has 3 aromatic rings. The van der Waals surface area contributed by atoms with Crippen LogP contribution in [-0.2, 0) is 4.74 Å². The zero-order valence-corrected chi connectivity index (χ0v) is 12.1. The van der Waals surface area contributed by atoms with Crippen LogP contribution in [0.25, 0.3) is 10.2 Å². The molecule has 106 valence electrons. The molecule has 0 bridgehead atoms. The number of nitrogens with zero attached hydrogens (tertiary/aromatic N) is 3. The number of nitrogens with one attached hydrogen (secondary N) is 1. The highest BCUT2D eigenvalue weighted by Crippen LogP contribution is 2.31. The second-order valence-electron chi connectivity index (χ2n) is 4.14. The maximum atomic E-state index is 12.0. The number of hydrogen-bond donors (Lipinski definition) is 1. The van der Waals surface area contributed by atoms with Gasteiger partial charge in [0.25, 0.3) is 0 Å². The molecule has 6 nitrogen and oxygen atoms in total. The SMILES string of the molecule is CCOC(=O)c1csc2ncnc(Nc3cccnc3)c12. The van der Waals surface area contributed by atoms with Crippen LogP contribution >= 0.6 is 11.3 Å². The van der Waals surface area contributed by atoms with Crippen molar-refractivity contribution in [1.29, 1.82) is 0 Å². The normalized spacial score (nSPS) is 10.5. The van der Waals surface area contributed by atoms with Gasteiger partial charge in [-0.05, 0) is 19.1 Å². The quantitative estimate of drug-likeness (QED) is 0.746. The Morgan fingerprint density at radius 2 is 2.33 bits per heavy atom. The summed E-state index contributed by atoms with van der Waals surface area (Å²) < 4.78 is 5.07. The van der Waals surface area contributed by atoms with Crippen LogP contribution in [0.5, 0.6) is 0 Å². The van der Waals surface area contributed by atoms with Crippen molar-refractivity contribution in [3.05, 3.63) is 41.8 Å². The zero-order chi connectivity index (χ0) is 14.7. The first kappa shape index (κ1) is 13.4. The van der Waals surface area contributed by atoms with Crippen LogP contribution in [0.3, 0.4) is 0 Å². The number of pyridine rings is 1. The van der Waals surface area contributed by atoms with E-state index in [1.54, 1.807) is 24.7 Å². The lowest BCUT2D eigenvalue weighted by Gasteiger charge is -2.07. The van der Waals surface area contributed by atoms with Gasteiger partial charge in [-0.15, -0.1) is 11.3 Å². The third-order valence-electron chi connectivity index (χ3n) is 2.79. The molecule has 3 heterocycles. The van der Waals surface area contributed by atoms with Crippen molar-refractivity contribution in [2.45, 2.75) is 6.92 Å². The molecule has 0 saturated heterocycles. The number of anilines is 2. The molecule has 0 spiro atoms.